The smallest absolute Gasteiger partial charge is 0.306 e. The van der Waals surface area contributed by atoms with Crippen molar-refractivity contribution in [2.75, 3.05) is 19.8 Å². The van der Waals surface area contributed by atoms with Crippen LogP contribution in [0.3, 0.4) is 0 Å². The average molecular weight is 863 g/mol. The highest BCUT2D eigenvalue weighted by Gasteiger charge is 2.17. The lowest BCUT2D eigenvalue weighted by molar-refractivity contribution is -0.163. The molecule has 0 aromatic heterocycles. The number of hydrogen-bond acceptors (Lipinski definition) is 5. The molecule has 0 saturated carbocycles. The zero-order valence-corrected chi connectivity index (χ0v) is 40.9. The molecule has 0 heterocycles. The van der Waals surface area contributed by atoms with Crippen molar-refractivity contribution >= 4 is 11.9 Å². The maximum atomic E-state index is 12.8. The predicted octanol–water partition coefficient (Wildman–Crippen LogP) is 17.7. The van der Waals surface area contributed by atoms with Crippen molar-refractivity contribution in [1.82, 2.24) is 0 Å². The number of rotatable bonds is 47. The average Bonchev–Trinajstić information content (AvgIpc) is 3.27. The summed E-state index contributed by atoms with van der Waals surface area (Å²) in [6.07, 6.45) is 68.7. The number of allylic oxidation sites excluding steroid dienone is 14. The molecule has 1 atom stereocenters. The Labute approximate surface area is 384 Å². The van der Waals surface area contributed by atoms with Crippen LogP contribution in [-0.2, 0) is 23.8 Å². The second-order valence-electron chi connectivity index (χ2n) is 17.0. The molecule has 0 amide bonds. The van der Waals surface area contributed by atoms with Crippen LogP contribution in [0.15, 0.2) is 85.1 Å². The number of hydrogen-bond donors (Lipinski definition) is 0. The molecule has 0 aromatic carbocycles. The second-order valence-corrected chi connectivity index (χ2v) is 17.0. The Kier molecular flexibility index (Phi) is 50.0. The highest BCUT2D eigenvalue weighted by atomic mass is 16.6. The molecule has 356 valence electrons. The van der Waals surface area contributed by atoms with E-state index < -0.39 is 6.10 Å². The van der Waals surface area contributed by atoms with Gasteiger partial charge >= 0.3 is 11.9 Å². The highest BCUT2D eigenvalue weighted by molar-refractivity contribution is 5.70. The Morgan fingerprint density at radius 1 is 0.371 bits per heavy atom. The summed E-state index contributed by atoms with van der Waals surface area (Å²) in [6.45, 7) is 7.55. The third kappa shape index (κ3) is 49.7. The zero-order chi connectivity index (χ0) is 44.9. The number of ether oxygens (including phenoxy) is 3. The standard InChI is InChI=1S/C57H98O5/c1-4-7-10-13-16-19-22-25-27-29-30-33-35-38-41-44-47-50-56(58)61-54-55(62-57(59)51-48-45-42-39-36-32-24-21-18-15-12-9-6-3)53-60-52-49-46-43-40-37-34-31-28-26-23-20-17-14-11-8-5-2/h7-8,10-11,16-17,19-21,24-28,55H,4-6,9,12-15,18,22-23,29-54H2,1-3H3/b10-7-,11-8-,19-16-,20-17-,24-21-,27-25-,28-26-. The molecule has 0 aliphatic heterocycles. The molecular formula is C57H98O5. The van der Waals surface area contributed by atoms with Gasteiger partial charge in [-0.15, -0.1) is 0 Å². The number of carbonyl (C=O) groups excluding carboxylic acids is 2. The van der Waals surface area contributed by atoms with Gasteiger partial charge in [0, 0.05) is 19.4 Å². The van der Waals surface area contributed by atoms with Crippen molar-refractivity contribution in [3.8, 4) is 0 Å². The molecule has 0 radical (unpaired) electrons. The fourth-order valence-corrected chi connectivity index (χ4v) is 7.06. The van der Waals surface area contributed by atoms with Gasteiger partial charge in [-0.3, -0.25) is 9.59 Å². The highest BCUT2D eigenvalue weighted by Crippen LogP contribution is 2.14. The summed E-state index contributed by atoms with van der Waals surface area (Å²) in [7, 11) is 0. The van der Waals surface area contributed by atoms with Gasteiger partial charge in [-0.05, 0) is 109 Å². The summed E-state index contributed by atoms with van der Waals surface area (Å²) in [5.41, 5.74) is 0. The maximum Gasteiger partial charge on any atom is 0.306 e. The van der Waals surface area contributed by atoms with Gasteiger partial charge in [-0.1, -0.05) is 202 Å². The fraction of sp³-hybridized carbons (Fsp3) is 0.719. The first-order chi connectivity index (χ1) is 30.6. The molecule has 0 aromatic rings. The maximum absolute atomic E-state index is 12.8. The minimum Gasteiger partial charge on any atom is -0.462 e. The zero-order valence-electron chi connectivity index (χ0n) is 40.9. The van der Waals surface area contributed by atoms with Crippen molar-refractivity contribution in [3.63, 3.8) is 0 Å². The molecule has 0 fully saturated rings. The minimum absolute atomic E-state index is 0.0682. The quantitative estimate of drug-likeness (QED) is 0.0346. The van der Waals surface area contributed by atoms with Crippen LogP contribution in [0.1, 0.15) is 239 Å². The number of carbonyl (C=O) groups is 2. The second kappa shape index (κ2) is 52.4. The molecule has 5 heteroatoms. The van der Waals surface area contributed by atoms with E-state index in [9.17, 15) is 9.59 Å². The van der Waals surface area contributed by atoms with E-state index in [-0.39, 0.29) is 25.2 Å². The Balaban J connectivity index is 4.31. The van der Waals surface area contributed by atoms with Gasteiger partial charge in [0.05, 0.1) is 6.61 Å². The first-order valence-corrected chi connectivity index (χ1v) is 26.1. The monoisotopic (exact) mass is 863 g/mol. The van der Waals surface area contributed by atoms with E-state index in [4.69, 9.17) is 14.2 Å². The van der Waals surface area contributed by atoms with E-state index in [1.54, 1.807) is 0 Å². The van der Waals surface area contributed by atoms with Crippen LogP contribution in [0.25, 0.3) is 0 Å². The van der Waals surface area contributed by atoms with Gasteiger partial charge in [-0.2, -0.15) is 0 Å². The molecule has 5 nitrogen and oxygen atoms in total. The molecule has 0 rings (SSSR count). The van der Waals surface area contributed by atoms with Crippen molar-refractivity contribution in [2.45, 2.75) is 245 Å². The van der Waals surface area contributed by atoms with E-state index in [1.165, 1.54) is 96.3 Å². The SMILES string of the molecule is CC/C=C\C/C=C\C/C=C\CCCCCCCCCC(=O)OCC(COCCCCCCCC/C=C\C/C=C\C/C=C\CC)OC(=O)CCCCCCC/C=C\CCCCCC. The molecule has 0 saturated heterocycles. The largest absolute Gasteiger partial charge is 0.462 e. The van der Waals surface area contributed by atoms with Crippen molar-refractivity contribution in [1.29, 1.82) is 0 Å². The Bertz CT molecular complexity index is 1160. The molecule has 0 aliphatic carbocycles. The first kappa shape index (κ1) is 59.1. The van der Waals surface area contributed by atoms with E-state index in [0.717, 1.165) is 109 Å². The van der Waals surface area contributed by atoms with Crippen molar-refractivity contribution < 1.29 is 23.8 Å². The summed E-state index contributed by atoms with van der Waals surface area (Å²) in [5.74, 6) is -0.426. The molecule has 0 spiro atoms. The van der Waals surface area contributed by atoms with Crippen LogP contribution in [0.5, 0.6) is 0 Å². The van der Waals surface area contributed by atoms with Gasteiger partial charge < -0.3 is 14.2 Å². The Hall–Kier alpha value is -2.92. The van der Waals surface area contributed by atoms with Gasteiger partial charge in [-0.25, -0.2) is 0 Å². The van der Waals surface area contributed by atoms with E-state index >= 15 is 0 Å². The van der Waals surface area contributed by atoms with Crippen LogP contribution in [0.2, 0.25) is 0 Å². The summed E-state index contributed by atoms with van der Waals surface area (Å²) in [4.78, 5) is 25.4. The van der Waals surface area contributed by atoms with E-state index in [1.807, 2.05) is 0 Å². The normalized spacial score (nSPS) is 12.9. The van der Waals surface area contributed by atoms with Gasteiger partial charge in [0.15, 0.2) is 6.10 Å². The van der Waals surface area contributed by atoms with E-state index in [0.29, 0.717) is 19.4 Å². The third-order valence-corrected chi connectivity index (χ3v) is 10.9. The molecule has 0 bridgehead atoms. The summed E-state index contributed by atoms with van der Waals surface area (Å²) in [6, 6.07) is 0. The van der Waals surface area contributed by atoms with Crippen LogP contribution in [0, 0.1) is 0 Å². The molecule has 0 aliphatic rings. The van der Waals surface area contributed by atoms with Crippen LogP contribution in [0.4, 0.5) is 0 Å². The Morgan fingerprint density at radius 2 is 0.726 bits per heavy atom. The molecule has 62 heavy (non-hydrogen) atoms. The first-order valence-electron chi connectivity index (χ1n) is 26.1. The van der Waals surface area contributed by atoms with Gasteiger partial charge in [0.25, 0.3) is 0 Å². The Morgan fingerprint density at radius 3 is 1.18 bits per heavy atom. The number of unbranched alkanes of at least 4 members (excludes halogenated alkanes) is 22. The summed E-state index contributed by atoms with van der Waals surface area (Å²) in [5, 5.41) is 0. The van der Waals surface area contributed by atoms with Gasteiger partial charge in [0.1, 0.15) is 6.61 Å². The summed E-state index contributed by atoms with van der Waals surface area (Å²) < 4.78 is 17.4. The predicted molar refractivity (Wildman–Crippen MR) is 270 cm³/mol. The van der Waals surface area contributed by atoms with Crippen molar-refractivity contribution in [2.24, 2.45) is 0 Å². The lowest BCUT2D eigenvalue weighted by Gasteiger charge is -2.18. The number of esters is 2. The van der Waals surface area contributed by atoms with Gasteiger partial charge in [0.2, 0.25) is 0 Å². The third-order valence-electron chi connectivity index (χ3n) is 10.9. The topological polar surface area (TPSA) is 61.8 Å². The van der Waals surface area contributed by atoms with Crippen molar-refractivity contribution in [3.05, 3.63) is 85.1 Å². The van der Waals surface area contributed by atoms with E-state index in [2.05, 4.69) is 106 Å². The fourth-order valence-electron chi connectivity index (χ4n) is 7.06. The lowest BCUT2D eigenvalue weighted by Crippen LogP contribution is -2.30. The molecular weight excluding hydrogens is 765 g/mol. The van der Waals surface area contributed by atoms with Crippen LogP contribution < -0.4 is 0 Å². The molecule has 0 N–H and O–H groups in total. The van der Waals surface area contributed by atoms with Crippen LogP contribution in [-0.4, -0.2) is 37.9 Å². The minimum atomic E-state index is -0.555. The van der Waals surface area contributed by atoms with Crippen LogP contribution >= 0.6 is 0 Å². The summed E-state index contributed by atoms with van der Waals surface area (Å²) >= 11 is 0. The lowest BCUT2D eigenvalue weighted by atomic mass is 10.1. The molecule has 1 unspecified atom stereocenters.